The maximum Gasteiger partial charge on any atom is 0.131 e. The lowest BCUT2D eigenvalue weighted by molar-refractivity contribution is 0.678. The number of rotatable bonds is 2. The first-order chi connectivity index (χ1) is 6.40. The molecule has 1 aromatic rings. The Balaban J connectivity index is 2.05. The van der Waals surface area contributed by atoms with Gasteiger partial charge in [0.1, 0.15) is 10.0 Å². The van der Waals surface area contributed by atoms with E-state index in [1.165, 1.54) is 30.0 Å². The Labute approximate surface area is 86.1 Å². The molecule has 0 aromatic carbocycles. The van der Waals surface area contributed by atoms with Crippen molar-refractivity contribution in [1.82, 2.24) is 10.2 Å². The van der Waals surface area contributed by atoms with Crippen LogP contribution in [0.15, 0.2) is 0 Å². The fourth-order valence-electron chi connectivity index (χ4n) is 1.41. The molecule has 1 saturated heterocycles. The largest absolute Gasteiger partial charge is 0.324 e. The quantitative estimate of drug-likeness (QED) is 0.819. The van der Waals surface area contributed by atoms with Crippen LogP contribution in [0.4, 0.5) is 0 Å². The van der Waals surface area contributed by atoms with Gasteiger partial charge >= 0.3 is 0 Å². The summed E-state index contributed by atoms with van der Waals surface area (Å²) in [5.41, 5.74) is 5.49. The molecule has 1 aliphatic rings. The maximum atomic E-state index is 5.49. The first kappa shape index (κ1) is 9.43. The Morgan fingerprint density at radius 2 is 2.31 bits per heavy atom. The zero-order valence-corrected chi connectivity index (χ0v) is 9.03. The second-order valence-corrected chi connectivity index (χ2v) is 5.50. The van der Waals surface area contributed by atoms with Gasteiger partial charge in [-0.15, -0.1) is 10.2 Å². The number of aromatic nitrogens is 2. The summed E-state index contributed by atoms with van der Waals surface area (Å²) in [6, 6.07) is 0. The normalized spacial score (nSPS) is 23.3. The van der Waals surface area contributed by atoms with Crippen LogP contribution in [-0.4, -0.2) is 16.0 Å². The zero-order valence-electron chi connectivity index (χ0n) is 7.40. The van der Waals surface area contributed by atoms with Crippen molar-refractivity contribution in [2.45, 2.75) is 31.1 Å². The van der Waals surface area contributed by atoms with Crippen LogP contribution in [0.25, 0.3) is 0 Å². The third-order valence-corrected chi connectivity index (χ3v) is 4.71. The maximum absolute atomic E-state index is 5.49. The van der Waals surface area contributed by atoms with Crippen molar-refractivity contribution >= 4 is 23.1 Å². The van der Waals surface area contributed by atoms with Crippen LogP contribution in [0, 0.1) is 0 Å². The standard InChI is InChI=1S/C8H13N3S2/c9-5-7-10-11-8(13-7)6-3-1-2-4-12-6/h6H,1-5,9H2. The summed E-state index contributed by atoms with van der Waals surface area (Å²) >= 11 is 3.68. The minimum atomic E-state index is 0.523. The third kappa shape index (κ3) is 2.21. The van der Waals surface area contributed by atoms with E-state index >= 15 is 0 Å². The minimum absolute atomic E-state index is 0.523. The molecule has 0 radical (unpaired) electrons. The molecule has 5 heteroatoms. The number of thioether (sulfide) groups is 1. The van der Waals surface area contributed by atoms with Crippen LogP contribution in [-0.2, 0) is 6.54 Å². The van der Waals surface area contributed by atoms with E-state index in [2.05, 4.69) is 10.2 Å². The summed E-state index contributed by atoms with van der Waals surface area (Å²) in [6.07, 6.45) is 3.93. The average molecular weight is 215 g/mol. The summed E-state index contributed by atoms with van der Waals surface area (Å²) < 4.78 is 0. The molecule has 2 N–H and O–H groups in total. The summed E-state index contributed by atoms with van der Waals surface area (Å²) in [4.78, 5) is 0. The highest BCUT2D eigenvalue weighted by molar-refractivity contribution is 7.99. The summed E-state index contributed by atoms with van der Waals surface area (Å²) in [7, 11) is 0. The SMILES string of the molecule is NCc1nnc(C2CCCCS2)s1. The van der Waals surface area contributed by atoms with Gasteiger partial charge in [0.25, 0.3) is 0 Å². The monoisotopic (exact) mass is 215 g/mol. The molecule has 0 aliphatic carbocycles. The fraction of sp³-hybridized carbons (Fsp3) is 0.750. The first-order valence-corrected chi connectivity index (χ1v) is 6.40. The average Bonchev–Trinajstić information content (AvgIpc) is 2.67. The second kappa shape index (κ2) is 4.39. The van der Waals surface area contributed by atoms with Gasteiger partial charge in [0.2, 0.25) is 0 Å². The highest BCUT2D eigenvalue weighted by atomic mass is 32.2. The van der Waals surface area contributed by atoms with E-state index < -0.39 is 0 Å². The summed E-state index contributed by atoms with van der Waals surface area (Å²) in [5.74, 6) is 1.27. The number of hydrogen-bond donors (Lipinski definition) is 1. The van der Waals surface area contributed by atoms with Gasteiger partial charge in [0.05, 0.1) is 5.25 Å². The number of nitrogens with zero attached hydrogens (tertiary/aromatic N) is 2. The lowest BCUT2D eigenvalue weighted by Crippen LogP contribution is -2.01. The van der Waals surface area contributed by atoms with E-state index in [1.807, 2.05) is 11.8 Å². The Kier molecular flexibility index (Phi) is 3.18. The summed E-state index contributed by atoms with van der Waals surface area (Å²) in [6.45, 7) is 0.523. The Morgan fingerprint density at radius 1 is 1.38 bits per heavy atom. The lowest BCUT2D eigenvalue weighted by Gasteiger charge is -2.17. The smallest absolute Gasteiger partial charge is 0.131 e. The molecular weight excluding hydrogens is 202 g/mol. The van der Waals surface area contributed by atoms with Crippen molar-refractivity contribution in [3.8, 4) is 0 Å². The predicted octanol–water partition coefficient (Wildman–Crippen LogP) is 1.95. The molecule has 2 heterocycles. The minimum Gasteiger partial charge on any atom is -0.324 e. The van der Waals surface area contributed by atoms with Gasteiger partial charge in [-0.3, -0.25) is 0 Å². The van der Waals surface area contributed by atoms with Gasteiger partial charge in [0.15, 0.2) is 0 Å². The molecule has 13 heavy (non-hydrogen) atoms. The molecule has 0 spiro atoms. The molecule has 0 amide bonds. The van der Waals surface area contributed by atoms with E-state index in [1.54, 1.807) is 11.3 Å². The Morgan fingerprint density at radius 3 is 2.92 bits per heavy atom. The van der Waals surface area contributed by atoms with Crippen LogP contribution in [0.2, 0.25) is 0 Å². The topological polar surface area (TPSA) is 51.8 Å². The van der Waals surface area contributed by atoms with Crippen LogP contribution < -0.4 is 5.73 Å². The zero-order chi connectivity index (χ0) is 9.10. The predicted molar refractivity (Wildman–Crippen MR) is 56.9 cm³/mol. The summed E-state index contributed by atoms with van der Waals surface area (Å²) in [5, 5.41) is 10.9. The van der Waals surface area contributed by atoms with Gasteiger partial charge in [-0.2, -0.15) is 11.8 Å². The fourth-order valence-corrected chi connectivity index (χ4v) is 3.68. The van der Waals surface area contributed by atoms with Crippen LogP contribution in [0.5, 0.6) is 0 Å². The van der Waals surface area contributed by atoms with Crippen LogP contribution >= 0.6 is 23.1 Å². The van der Waals surface area contributed by atoms with E-state index in [9.17, 15) is 0 Å². The Bertz CT molecular complexity index is 268. The van der Waals surface area contributed by atoms with Crippen molar-refractivity contribution in [3.05, 3.63) is 10.0 Å². The Hall–Kier alpha value is -0.130. The molecule has 0 bridgehead atoms. The molecule has 1 unspecified atom stereocenters. The third-order valence-electron chi connectivity index (χ3n) is 2.11. The molecule has 72 valence electrons. The molecule has 1 aromatic heterocycles. The molecule has 1 fully saturated rings. The highest BCUT2D eigenvalue weighted by Crippen LogP contribution is 2.39. The van der Waals surface area contributed by atoms with Gasteiger partial charge < -0.3 is 5.73 Å². The van der Waals surface area contributed by atoms with Crippen LogP contribution in [0.1, 0.15) is 34.5 Å². The number of nitrogens with two attached hydrogens (primary N) is 1. The van der Waals surface area contributed by atoms with Crippen molar-refractivity contribution < 1.29 is 0 Å². The van der Waals surface area contributed by atoms with Gasteiger partial charge in [0, 0.05) is 6.54 Å². The van der Waals surface area contributed by atoms with E-state index in [4.69, 9.17) is 5.73 Å². The van der Waals surface area contributed by atoms with Gasteiger partial charge in [-0.25, -0.2) is 0 Å². The second-order valence-electron chi connectivity index (χ2n) is 3.09. The van der Waals surface area contributed by atoms with Gasteiger partial charge in [-0.1, -0.05) is 17.8 Å². The molecular formula is C8H13N3S2. The van der Waals surface area contributed by atoms with Crippen molar-refractivity contribution in [1.29, 1.82) is 0 Å². The first-order valence-electron chi connectivity index (χ1n) is 4.54. The molecule has 1 atom stereocenters. The molecule has 0 saturated carbocycles. The van der Waals surface area contributed by atoms with E-state index in [-0.39, 0.29) is 0 Å². The van der Waals surface area contributed by atoms with Crippen LogP contribution in [0.3, 0.4) is 0 Å². The van der Waals surface area contributed by atoms with E-state index in [0.717, 1.165) is 5.01 Å². The van der Waals surface area contributed by atoms with E-state index in [0.29, 0.717) is 11.8 Å². The van der Waals surface area contributed by atoms with Crippen molar-refractivity contribution in [2.75, 3.05) is 5.75 Å². The molecule has 1 aliphatic heterocycles. The highest BCUT2D eigenvalue weighted by Gasteiger charge is 2.19. The lowest BCUT2D eigenvalue weighted by atomic mass is 10.2. The van der Waals surface area contributed by atoms with Gasteiger partial charge in [-0.05, 0) is 18.6 Å². The number of hydrogen-bond acceptors (Lipinski definition) is 5. The van der Waals surface area contributed by atoms with Crippen molar-refractivity contribution in [3.63, 3.8) is 0 Å². The molecule has 3 nitrogen and oxygen atoms in total. The van der Waals surface area contributed by atoms with Crippen molar-refractivity contribution in [2.24, 2.45) is 5.73 Å². The molecule has 2 rings (SSSR count).